The van der Waals surface area contributed by atoms with Gasteiger partial charge in [0.2, 0.25) is 0 Å². The number of hydrogen-bond acceptors (Lipinski definition) is 4. The lowest BCUT2D eigenvalue weighted by atomic mass is 10.2. The zero-order valence-electron chi connectivity index (χ0n) is 8.97. The van der Waals surface area contributed by atoms with Gasteiger partial charge in [-0.3, -0.25) is 4.40 Å². The first kappa shape index (κ1) is 10.1. The van der Waals surface area contributed by atoms with Gasteiger partial charge in [0.15, 0.2) is 11.5 Å². The fourth-order valence-corrected chi connectivity index (χ4v) is 3.13. The zero-order chi connectivity index (χ0) is 10.8. The van der Waals surface area contributed by atoms with Crippen LogP contribution in [0.15, 0.2) is 24.4 Å². The zero-order valence-corrected chi connectivity index (χ0v) is 9.78. The summed E-state index contributed by atoms with van der Waals surface area (Å²) in [5.74, 6) is 3.49. The number of rotatable bonds is 3. The molecule has 1 aliphatic rings. The topological polar surface area (TPSA) is 42.2 Å². The minimum atomic E-state index is 0.640. The molecule has 4 nitrogen and oxygen atoms in total. The van der Waals surface area contributed by atoms with Gasteiger partial charge >= 0.3 is 0 Å². The number of aromatic nitrogens is 3. The molecule has 0 aliphatic carbocycles. The molecular weight excluding hydrogens is 220 g/mol. The molecule has 2 aromatic heterocycles. The van der Waals surface area contributed by atoms with Gasteiger partial charge in [0.05, 0.1) is 6.54 Å². The van der Waals surface area contributed by atoms with Crippen LogP contribution >= 0.6 is 11.8 Å². The van der Waals surface area contributed by atoms with Crippen molar-refractivity contribution in [1.29, 1.82) is 0 Å². The molecule has 0 amide bonds. The maximum Gasteiger partial charge on any atom is 0.160 e. The quantitative estimate of drug-likeness (QED) is 0.870. The highest BCUT2D eigenvalue weighted by atomic mass is 32.2. The van der Waals surface area contributed by atoms with E-state index in [9.17, 15) is 0 Å². The summed E-state index contributed by atoms with van der Waals surface area (Å²) in [5, 5.41) is 11.9. The molecule has 5 heteroatoms. The number of hydrogen-bond donors (Lipinski definition) is 1. The van der Waals surface area contributed by atoms with Crippen molar-refractivity contribution >= 4 is 17.4 Å². The molecule has 1 unspecified atom stereocenters. The number of nitrogens with one attached hydrogen (secondary N) is 1. The SMILES string of the molecule is c1ccn2c(CNC3CCSC3)nnc2c1. The van der Waals surface area contributed by atoms with E-state index in [1.165, 1.54) is 17.9 Å². The van der Waals surface area contributed by atoms with Crippen molar-refractivity contribution in [3.8, 4) is 0 Å². The van der Waals surface area contributed by atoms with E-state index in [0.29, 0.717) is 6.04 Å². The van der Waals surface area contributed by atoms with Crippen LogP contribution in [0.4, 0.5) is 0 Å². The Morgan fingerprint density at radius 2 is 2.44 bits per heavy atom. The Kier molecular flexibility index (Phi) is 2.80. The van der Waals surface area contributed by atoms with Crippen molar-refractivity contribution in [2.75, 3.05) is 11.5 Å². The molecule has 0 bridgehead atoms. The number of thioether (sulfide) groups is 1. The van der Waals surface area contributed by atoms with E-state index >= 15 is 0 Å². The van der Waals surface area contributed by atoms with Crippen LogP contribution in [-0.2, 0) is 6.54 Å². The first-order chi connectivity index (χ1) is 7.93. The molecule has 0 saturated carbocycles. The average molecular weight is 234 g/mol. The number of nitrogens with zero attached hydrogens (tertiary/aromatic N) is 3. The monoisotopic (exact) mass is 234 g/mol. The predicted octanol–water partition coefficient (Wildman–Crippen LogP) is 1.32. The fraction of sp³-hybridized carbons (Fsp3) is 0.455. The molecule has 3 rings (SSSR count). The Labute approximate surface area is 98.4 Å². The largest absolute Gasteiger partial charge is 0.306 e. The lowest BCUT2D eigenvalue weighted by Gasteiger charge is -2.09. The summed E-state index contributed by atoms with van der Waals surface area (Å²) in [4.78, 5) is 0. The third-order valence-electron chi connectivity index (χ3n) is 2.86. The van der Waals surface area contributed by atoms with E-state index in [-0.39, 0.29) is 0 Å². The summed E-state index contributed by atoms with van der Waals surface area (Å²) in [6.07, 6.45) is 3.27. The van der Waals surface area contributed by atoms with Crippen molar-refractivity contribution in [3.05, 3.63) is 30.2 Å². The molecule has 3 heterocycles. The standard InChI is InChI=1S/C11H14N4S/c1-2-5-15-10(3-1)13-14-11(15)7-12-9-4-6-16-8-9/h1-3,5,9,12H,4,6-8H2. The second-order valence-electron chi connectivity index (χ2n) is 3.99. The Hall–Kier alpha value is -1.07. The van der Waals surface area contributed by atoms with Crippen molar-refractivity contribution in [2.24, 2.45) is 0 Å². The first-order valence-electron chi connectivity index (χ1n) is 5.53. The van der Waals surface area contributed by atoms with Crippen molar-refractivity contribution < 1.29 is 0 Å². The molecular formula is C11H14N4S. The van der Waals surface area contributed by atoms with Crippen LogP contribution < -0.4 is 5.32 Å². The second-order valence-corrected chi connectivity index (χ2v) is 5.14. The van der Waals surface area contributed by atoms with E-state index in [2.05, 4.69) is 15.5 Å². The van der Waals surface area contributed by atoms with Gasteiger partial charge in [0.25, 0.3) is 0 Å². The Bertz CT molecular complexity index is 476. The van der Waals surface area contributed by atoms with Gasteiger partial charge in [-0.2, -0.15) is 11.8 Å². The fourth-order valence-electron chi connectivity index (χ4n) is 1.94. The third kappa shape index (κ3) is 1.92. The predicted molar refractivity (Wildman–Crippen MR) is 65.6 cm³/mol. The summed E-state index contributed by atoms with van der Waals surface area (Å²) in [5.41, 5.74) is 0.917. The molecule has 0 radical (unpaired) electrons. The minimum absolute atomic E-state index is 0.640. The summed E-state index contributed by atoms with van der Waals surface area (Å²) in [7, 11) is 0. The van der Waals surface area contributed by atoms with Crippen LogP contribution in [0, 0.1) is 0 Å². The van der Waals surface area contributed by atoms with Gasteiger partial charge in [-0.05, 0) is 24.3 Å². The van der Waals surface area contributed by atoms with Crippen LogP contribution in [0.25, 0.3) is 5.65 Å². The third-order valence-corrected chi connectivity index (χ3v) is 4.03. The summed E-state index contributed by atoms with van der Waals surface area (Å²) in [6, 6.07) is 6.60. The summed E-state index contributed by atoms with van der Waals surface area (Å²) in [6.45, 7) is 0.802. The Balaban J connectivity index is 1.73. The van der Waals surface area contributed by atoms with Crippen LogP contribution in [0.1, 0.15) is 12.2 Å². The van der Waals surface area contributed by atoms with Gasteiger partial charge in [-0.15, -0.1) is 10.2 Å². The van der Waals surface area contributed by atoms with Gasteiger partial charge in [-0.25, -0.2) is 0 Å². The molecule has 1 saturated heterocycles. The van der Waals surface area contributed by atoms with Gasteiger partial charge < -0.3 is 5.32 Å². The lowest BCUT2D eigenvalue weighted by molar-refractivity contribution is 0.542. The molecule has 2 aromatic rings. The van der Waals surface area contributed by atoms with Crippen LogP contribution in [0.3, 0.4) is 0 Å². The van der Waals surface area contributed by atoms with Crippen LogP contribution in [0.5, 0.6) is 0 Å². The molecule has 1 aliphatic heterocycles. The van der Waals surface area contributed by atoms with E-state index in [0.717, 1.165) is 18.0 Å². The highest BCUT2D eigenvalue weighted by molar-refractivity contribution is 7.99. The molecule has 84 valence electrons. The van der Waals surface area contributed by atoms with Gasteiger partial charge in [0, 0.05) is 18.0 Å². The number of pyridine rings is 1. The van der Waals surface area contributed by atoms with E-state index < -0.39 is 0 Å². The highest BCUT2D eigenvalue weighted by Crippen LogP contribution is 2.17. The summed E-state index contributed by atoms with van der Waals surface area (Å²) >= 11 is 2.02. The Morgan fingerprint density at radius 1 is 1.44 bits per heavy atom. The summed E-state index contributed by atoms with van der Waals surface area (Å²) < 4.78 is 2.04. The molecule has 0 aromatic carbocycles. The first-order valence-corrected chi connectivity index (χ1v) is 6.69. The van der Waals surface area contributed by atoms with Gasteiger partial charge in [0.1, 0.15) is 0 Å². The smallest absolute Gasteiger partial charge is 0.160 e. The maximum atomic E-state index is 4.20. The number of fused-ring (bicyclic) bond motifs is 1. The molecule has 16 heavy (non-hydrogen) atoms. The molecule has 1 N–H and O–H groups in total. The average Bonchev–Trinajstić information content (AvgIpc) is 2.96. The second kappa shape index (κ2) is 4.43. The lowest BCUT2D eigenvalue weighted by Crippen LogP contribution is -2.28. The normalized spacial score (nSPS) is 20.6. The molecule has 1 fully saturated rings. The van der Waals surface area contributed by atoms with E-state index in [1.807, 2.05) is 40.6 Å². The minimum Gasteiger partial charge on any atom is -0.306 e. The molecule has 1 atom stereocenters. The molecule has 0 spiro atoms. The van der Waals surface area contributed by atoms with E-state index in [4.69, 9.17) is 0 Å². The van der Waals surface area contributed by atoms with Crippen molar-refractivity contribution in [1.82, 2.24) is 19.9 Å². The van der Waals surface area contributed by atoms with Gasteiger partial charge in [-0.1, -0.05) is 6.07 Å². The van der Waals surface area contributed by atoms with Crippen molar-refractivity contribution in [2.45, 2.75) is 19.0 Å². The highest BCUT2D eigenvalue weighted by Gasteiger charge is 2.15. The van der Waals surface area contributed by atoms with Crippen molar-refractivity contribution in [3.63, 3.8) is 0 Å². The van der Waals surface area contributed by atoms with E-state index in [1.54, 1.807) is 0 Å². The van der Waals surface area contributed by atoms with Crippen LogP contribution in [-0.4, -0.2) is 32.1 Å². The Morgan fingerprint density at radius 3 is 3.31 bits per heavy atom. The van der Waals surface area contributed by atoms with Crippen LogP contribution in [0.2, 0.25) is 0 Å². The maximum absolute atomic E-state index is 4.20.